The third kappa shape index (κ3) is 8.86. The van der Waals surface area contributed by atoms with E-state index in [-0.39, 0.29) is 5.97 Å². The molecule has 0 radical (unpaired) electrons. The van der Waals surface area contributed by atoms with Gasteiger partial charge in [-0.05, 0) is 43.9 Å². The van der Waals surface area contributed by atoms with E-state index in [1.54, 1.807) is 0 Å². The highest BCUT2D eigenvalue weighted by Gasteiger charge is 2.48. The Balaban J connectivity index is 1.06. The van der Waals surface area contributed by atoms with E-state index in [1.807, 2.05) is 0 Å². The largest absolute Gasteiger partial charge is 0.465 e. The second-order valence-corrected chi connectivity index (χ2v) is 10.2. The summed E-state index contributed by atoms with van der Waals surface area (Å²) < 4.78 is 17.0. The zero-order chi connectivity index (χ0) is 21.2. The second kappa shape index (κ2) is 13.1. The Kier molecular flexibility index (Phi) is 10.5. The summed E-state index contributed by atoms with van der Waals surface area (Å²) in [5.41, 5.74) is 0. The van der Waals surface area contributed by atoms with E-state index in [1.165, 1.54) is 70.6 Å². The van der Waals surface area contributed by atoms with Crippen LogP contribution >= 0.6 is 0 Å². The molecular weight excluding hydrogens is 376 g/mol. The predicted octanol–water partition coefficient (Wildman–Crippen LogP) is 6.59. The molecule has 0 N–H and O–H groups in total. The highest BCUT2D eigenvalue weighted by atomic mass is 16.6. The fraction of sp³-hybridized carbons (Fsp3) is 0.962. The minimum atomic E-state index is -0.00888. The smallest absolute Gasteiger partial charge is 0.305 e. The van der Waals surface area contributed by atoms with Gasteiger partial charge in [0.1, 0.15) is 0 Å². The topological polar surface area (TPSA) is 51.4 Å². The van der Waals surface area contributed by atoms with Crippen molar-refractivity contribution in [2.24, 2.45) is 11.8 Å². The van der Waals surface area contributed by atoms with E-state index in [4.69, 9.17) is 14.2 Å². The van der Waals surface area contributed by atoms with Gasteiger partial charge in [0.15, 0.2) is 0 Å². The molecule has 4 heteroatoms. The van der Waals surface area contributed by atoms with Gasteiger partial charge >= 0.3 is 5.97 Å². The van der Waals surface area contributed by atoms with Crippen molar-refractivity contribution in [3.63, 3.8) is 0 Å². The zero-order valence-corrected chi connectivity index (χ0v) is 19.6. The summed E-state index contributed by atoms with van der Waals surface area (Å²) in [6.07, 6.45) is 21.5. The maximum Gasteiger partial charge on any atom is 0.305 e. The monoisotopic (exact) mass is 422 g/mol. The van der Waals surface area contributed by atoms with E-state index < -0.39 is 0 Å². The molecule has 0 aromatic heterocycles. The van der Waals surface area contributed by atoms with E-state index in [2.05, 4.69) is 13.8 Å². The molecule has 0 spiro atoms. The number of unbranched alkanes of at least 4 members (excludes halogenated alkanes) is 9. The molecule has 3 aliphatic rings. The number of carbonyl (C=O) groups is 1. The standard InChI is InChI=1S/C26H46O4/c1-3-4-5-6-8-11-14-22-23(29-22)15-12-9-7-10-13-16-25(27)28-19-21-17-20(2)26-24(18-21)30-26/h20-24,26H,3-19H2,1-2H3. The van der Waals surface area contributed by atoms with Crippen LogP contribution in [0.2, 0.25) is 0 Å². The maximum atomic E-state index is 12.0. The summed E-state index contributed by atoms with van der Waals surface area (Å²) in [5, 5.41) is 0. The number of ether oxygens (including phenoxy) is 3. The number of epoxide rings is 2. The summed E-state index contributed by atoms with van der Waals surface area (Å²) in [7, 11) is 0. The SMILES string of the molecule is CCCCCCCCC1OC1CCCCCCCC(=O)OCC1CC(C)C2OC2C1. The lowest BCUT2D eigenvalue weighted by Crippen LogP contribution is -2.25. The lowest BCUT2D eigenvalue weighted by Gasteiger charge is -2.23. The van der Waals surface area contributed by atoms with Crippen LogP contribution < -0.4 is 0 Å². The third-order valence-electron chi connectivity index (χ3n) is 7.33. The molecule has 2 saturated heterocycles. The normalized spacial score (nSPS) is 31.9. The van der Waals surface area contributed by atoms with Crippen LogP contribution in [0.25, 0.3) is 0 Å². The van der Waals surface area contributed by atoms with E-state index >= 15 is 0 Å². The molecule has 1 saturated carbocycles. The minimum Gasteiger partial charge on any atom is -0.465 e. The molecule has 30 heavy (non-hydrogen) atoms. The molecule has 3 fully saturated rings. The first kappa shape index (κ1) is 24.0. The van der Waals surface area contributed by atoms with E-state index in [9.17, 15) is 4.79 Å². The average Bonchev–Trinajstić information content (AvgIpc) is 3.64. The van der Waals surface area contributed by atoms with Crippen molar-refractivity contribution in [2.45, 2.75) is 141 Å². The number of fused-ring (bicyclic) bond motifs is 1. The predicted molar refractivity (Wildman–Crippen MR) is 120 cm³/mol. The summed E-state index contributed by atoms with van der Waals surface area (Å²) in [6.45, 7) is 5.12. The van der Waals surface area contributed by atoms with Gasteiger partial charge in [-0.2, -0.15) is 0 Å². The Hall–Kier alpha value is -0.610. The third-order valence-corrected chi connectivity index (χ3v) is 7.33. The van der Waals surface area contributed by atoms with Crippen molar-refractivity contribution >= 4 is 5.97 Å². The first-order chi connectivity index (χ1) is 14.7. The van der Waals surface area contributed by atoms with Crippen LogP contribution in [0.5, 0.6) is 0 Å². The molecule has 0 bridgehead atoms. The Morgan fingerprint density at radius 1 is 0.833 bits per heavy atom. The van der Waals surface area contributed by atoms with Crippen LogP contribution in [-0.2, 0) is 19.0 Å². The summed E-state index contributed by atoms with van der Waals surface area (Å²) in [4.78, 5) is 12.0. The Bertz CT molecular complexity index is 493. The lowest BCUT2D eigenvalue weighted by molar-refractivity contribution is -0.145. The van der Waals surface area contributed by atoms with Crippen molar-refractivity contribution in [1.82, 2.24) is 0 Å². The second-order valence-electron chi connectivity index (χ2n) is 10.2. The number of esters is 1. The molecule has 0 amide bonds. The van der Waals surface area contributed by atoms with E-state index in [0.29, 0.717) is 49.3 Å². The van der Waals surface area contributed by atoms with Crippen LogP contribution in [0, 0.1) is 11.8 Å². The fourth-order valence-electron chi connectivity index (χ4n) is 5.31. The lowest BCUT2D eigenvalue weighted by atomic mass is 9.83. The van der Waals surface area contributed by atoms with Gasteiger partial charge in [0.25, 0.3) is 0 Å². The van der Waals surface area contributed by atoms with Crippen LogP contribution in [0.15, 0.2) is 0 Å². The molecule has 2 heterocycles. The number of hydrogen-bond acceptors (Lipinski definition) is 4. The molecule has 6 unspecified atom stereocenters. The van der Waals surface area contributed by atoms with Crippen molar-refractivity contribution < 1.29 is 19.0 Å². The molecule has 0 aromatic rings. The van der Waals surface area contributed by atoms with Gasteiger partial charge in [0.2, 0.25) is 0 Å². The molecule has 1 aliphatic carbocycles. The quantitative estimate of drug-likeness (QED) is 0.151. The summed E-state index contributed by atoms with van der Waals surface area (Å²) in [5.74, 6) is 1.12. The molecule has 6 atom stereocenters. The maximum absolute atomic E-state index is 12.0. The highest BCUT2D eigenvalue weighted by Crippen LogP contribution is 2.43. The molecule has 3 rings (SSSR count). The summed E-state index contributed by atoms with van der Waals surface area (Å²) in [6, 6.07) is 0. The zero-order valence-electron chi connectivity index (χ0n) is 19.6. The molecule has 2 aliphatic heterocycles. The Morgan fingerprint density at radius 3 is 2.13 bits per heavy atom. The number of rotatable bonds is 17. The van der Waals surface area contributed by atoms with Crippen molar-refractivity contribution in [1.29, 1.82) is 0 Å². The van der Waals surface area contributed by atoms with Crippen LogP contribution in [0.3, 0.4) is 0 Å². The Labute approximate surface area is 184 Å². The number of hydrogen-bond donors (Lipinski definition) is 0. The van der Waals surface area contributed by atoms with Gasteiger partial charge in [-0.25, -0.2) is 0 Å². The van der Waals surface area contributed by atoms with Gasteiger partial charge < -0.3 is 14.2 Å². The molecular formula is C26H46O4. The first-order valence-corrected chi connectivity index (χ1v) is 13.1. The van der Waals surface area contributed by atoms with Gasteiger partial charge in [0.05, 0.1) is 31.0 Å². The minimum absolute atomic E-state index is 0.00888. The van der Waals surface area contributed by atoms with Crippen molar-refractivity contribution in [2.75, 3.05) is 6.61 Å². The first-order valence-electron chi connectivity index (χ1n) is 13.1. The van der Waals surface area contributed by atoms with Crippen molar-refractivity contribution in [3.05, 3.63) is 0 Å². The fourth-order valence-corrected chi connectivity index (χ4v) is 5.31. The van der Waals surface area contributed by atoms with Crippen LogP contribution in [0.1, 0.15) is 117 Å². The molecule has 0 aromatic carbocycles. The van der Waals surface area contributed by atoms with Crippen molar-refractivity contribution in [3.8, 4) is 0 Å². The van der Waals surface area contributed by atoms with E-state index in [0.717, 1.165) is 25.7 Å². The Morgan fingerprint density at radius 2 is 1.47 bits per heavy atom. The van der Waals surface area contributed by atoms with Gasteiger partial charge in [0, 0.05) is 6.42 Å². The molecule has 4 nitrogen and oxygen atoms in total. The van der Waals surface area contributed by atoms with Crippen LogP contribution in [0.4, 0.5) is 0 Å². The summed E-state index contributed by atoms with van der Waals surface area (Å²) >= 11 is 0. The molecule has 174 valence electrons. The van der Waals surface area contributed by atoms with Gasteiger partial charge in [-0.1, -0.05) is 78.1 Å². The average molecular weight is 423 g/mol. The van der Waals surface area contributed by atoms with Gasteiger partial charge in [-0.15, -0.1) is 0 Å². The van der Waals surface area contributed by atoms with Gasteiger partial charge in [-0.3, -0.25) is 4.79 Å². The van der Waals surface area contributed by atoms with Crippen LogP contribution in [-0.4, -0.2) is 37.0 Å². The highest BCUT2D eigenvalue weighted by molar-refractivity contribution is 5.69. The number of carbonyl (C=O) groups excluding carboxylic acids is 1.